The minimum atomic E-state index is 0.0157. The Morgan fingerprint density at radius 2 is 2.27 bits per heavy atom. The largest absolute Gasteiger partial charge is 0.396 e. The minimum absolute atomic E-state index is 0.0157. The molecule has 112 valence electrons. The van der Waals surface area contributed by atoms with Crippen LogP contribution in [0.1, 0.15) is 25.3 Å². The molecule has 0 aliphatic rings. The van der Waals surface area contributed by atoms with E-state index in [-0.39, 0.29) is 12.6 Å². The van der Waals surface area contributed by atoms with Crippen LogP contribution in [-0.4, -0.2) is 36.4 Å². The van der Waals surface area contributed by atoms with E-state index < -0.39 is 0 Å². The van der Waals surface area contributed by atoms with Crippen LogP contribution in [0.25, 0.3) is 22.3 Å². The fourth-order valence-electron chi connectivity index (χ4n) is 2.55. The lowest BCUT2D eigenvalue weighted by atomic mass is 10.1. The van der Waals surface area contributed by atoms with Gasteiger partial charge in [-0.2, -0.15) is 10.4 Å². The first-order chi connectivity index (χ1) is 10.8. The second-order valence-corrected chi connectivity index (χ2v) is 5.03. The second-order valence-electron chi connectivity index (χ2n) is 5.03. The molecule has 0 radical (unpaired) electrons. The maximum Gasteiger partial charge on any atom is 0.141 e. The molecule has 3 rings (SSSR count). The van der Waals surface area contributed by atoms with Crippen molar-refractivity contribution in [3.05, 3.63) is 31.0 Å². The quantitative estimate of drug-likeness (QED) is 0.724. The van der Waals surface area contributed by atoms with Gasteiger partial charge in [-0.05, 0) is 18.9 Å². The van der Waals surface area contributed by atoms with Gasteiger partial charge in [-0.25, -0.2) is 9.97 Å². The van der Waals surface area contributed by atoms with E-state index in [0.29, 0.717) is 19.3 Å². The number of hydrogen-bond acceptors (Lipinski definition) is 5. The Kier molecular flexibility index (Phi) is 4.12. The third kappa shape index (κ3) is 2.69. The molecule has 0 fully saturated rings. The zero-order valence-corrected chi connectivity index (χ0v) is 12.0. The van der Waals surface area contributed by atoms with Crippen molar-refractivity contribution < 1.29 is 5.11 Å². The van der Waals surface area contributed by atoms with Gasteiger partial charge in [0, 0.05) is 36.4 Å². The van der Waals surface area contributed by atoms with Gasteiger partial charge in [0.1, 0.15) is 12.0 Å². The average Bonchev–Trinajstić information content (AvgIpc) is 3.19. The maximum absolute atomic E-state index is 9.19. The van der Waals surface area contributed by atoms with Gasteiger partial charge >= 0.3 is 0 Å². The molecule has 1 atom stereocenters. The highest BCUT2D eigenvalue weighted by Crippen LogP contribution is 2.26. The Hall–Kier alpha value is -2.72. The summed E-state index contributed by atoms with van der Waals surface area (Å²) in [5.74, 6) is 0. The predicted octanol–water partition coefficient (Wildman–Crippen LogP) is 2.05. The fourth-order valence-corrected chi connectivity index (χ4v) is 2.55. The van der Waals surface area contributed by atoms with Crippen molar-refractivity contribution in [2.24, 2.45) is 0 Å². The van der Waals surface area contributed by atoms with Crippen LogP contribution in [0.2, 0.25) is 0 Å². The number of fused-ring (bicyclic) bond motifs is 1. The summed E-state index contributed by atoms with van der Waals surface area (Å²) >= 11 is 0. The zero-order chi connectivity index (χ0) is 15.4. The summed E-state index contributed by atoms with van der Waals surface area (Å²) in [4.78, 5) is 11.6. The van der Waals surface area contributed by atoms with Crippen LogP contribution in [-0.2, 0) is 0 Å². The lowest BCUT2D eigenvalue weighted by Crippen LogP contribution is -2.11. The highest BCUT2D eigenvalue weighted by atomic mass is 16.3. The minimum Gasteiger partial charge on any atom is -0.396 e. The van der Waals surface area contributed by atoms with E-state index in [1.54, 1.807) is 6.20 Å². The number of nitriles is 1. The molecule has 0 aromatic carbocycles. The Labute approximate surface area is 127 Å². The molecule has 3 aromatic heterocycles. The van der Waals surface area contributed by atoms with Gasteiger partial charge in [-0.3, -0.25) is 4.68 Å². The SMILES string of the molecule is N#CCCC(CCO)n1cc(-c2ncnc3[nH]ccc23)cn1. The maximum atomic E-state index is 9.19. The van der Waals surface area contributed by atoms with Gasteiger partial charge in [0.25, 0.3) is 0 Å². The number of H-pyrrole nitrogens is 1. The molecule has 0 spiro atoms. The van der Waals surface area contributed by atoms with Gasteiger partial charge in [-0.1, -0.05) is 0 Å². The third-order valence-electron chi connectivity index (χ3n) is 3.65. The standard InChI is InChI=1S/C15H16N6O/c16-5-1-2-12(4-7-22)21-9-11(8-20-21)14-13-3-6-17-15(13)19-10-18-14/h3,6,8-10,12,22H,1-2,4,7H2,(H,17,18,19). The van der Waals surface area contributed by atoms with Crippen LogP contribution < -0.4 is 0 Å². The third-order valence-corrected chi connectivity index (χ3v) is 3.65. The summed E-state index contributed by atoms with van der Waals surface area (Å²) in [6.45, 7) is 0.0703. The van der Waals surface area contributed by atoms with Crippen LogP contribution in [0.3, 0.4) is 0 Å². The van der Waals surface area contributed by atoms with E-state index in [9.17, 15) is 5.11 Å². The molecule has 1 unspecified atom stereocenters. The van der Waals surface area contributed by atoms with E-state index in [0.717, 1.165) is 22.3 Å². The average molecular weight is 296 g/mol. The number of aliphatic hydroxyl groups is 1. The lowest BCUT2D eigenvalue weighted by molar-refractivity contribution is 0.246. The molecule has 2 N–H and O–H groups in total. The topological polar surface area (TPSA) is 103 Å². The Bertz CT molecular complexity index is 800. The van der Waals surface area contributed by atoms with E-state index in [4.69, 9.17) is 5.26 Å². The summed E-state index contributed by atoms with van der Waals surface area (Å²) in [6, 6.07) is 4.09. The van der Waals surface area contributed by atoms with Crippen LogP contribution >= 0.6 is 0 Å². The molecule has 0 aliphatic carbocycles. The van der Waals surface area contributed by atoms with Crippen molar-refractivity contribution in [1.82, 2.24) is 24.7 Å². The van der Waals surface area contributed by atoms with E-state index in [1.165, 1.54) is 6.33 Å². The molecule has 0 aliphatic heterocycles. The molecule has 22 heavy (non-hydrogen) atoms. The van der Waals surface area contributed by atoms with Crippen LogP contribution in [0.4, 0.5) is 0 Å². The normalized spacial score (nSPS) is 12.4. The molecule has 7 heteroatoms. The van der Waals surface area contributed by atoms with Crippen LogP contribution in [0, 0.1) is 11.3 Å². The van der Waals surface area contributed by atoms with Crippen molar-refractivity contribution in [3.8, 4) is 17.3 Å². The summed E-state index contributed by atoms with van der Waals surface area (Å²) in [5, 5.41) is 23.3. The molecule has 0 bridgehead atoms. The summed E-state index contributed by atoms with van der Waals surface area (Å²) in [5.41, 5.74) is 2.50. The molecule has 0 amide bonds. The highest BCUT2D eigenvalue weighted by Gasteiger charge is 2.14. The van der Waals surface area contributed by atoms with Crippen molar-refractivity contribution in [1.29, 1.82) is 5.26 Å². The Morgan fingerprint density at radius 3 is 3.09 bits per heavy atom. The summed E-state index contributed by atoms with van der Waals surface area (Å²) in [6.07, 6.45) is 8.70. The second kappa shape index (κ2) is 6.37. The Balaban J connectivity index is 1.92. The van der Waals surface area contributed by atoms with E-state index in [2.05, 4.69) is 26.1 Å². The van der Waals surface area contributed by atoms with Crippen LogP contribution in [0.15, 0.2) is 31.0 Å². The molecular formula is C15H16N6O. The number of rotatable bonds is 6. The van der Waals surface area contributed by atoms with Crippen molar-refractivity contribution in [3.63, 3.8) is 0 Å². The lowest BCUT2D eigenvalue weighted by Gasteiger charge is -2.14. The first kappa shape index (κ1) is 14.2. The number of nitrogens with zero attached hydrogens (tertiary/aromatic N) is 5. The number of aromatic nitrogens is 5. The molecule has 7 nitrogen and oxygen atoms in total. The number of aromatic amines is 1. The number of hydrogen-bond donors (Lipinski definition) is 2. The zero-order valence-electron chi connectivity index (χ0n) is 12.0. The van der Waals surface area contributed by atoms with Gasteiger partial charge in [0.2, 0.25) is 0 Å². The first-order valence-corrected chi connectivity index (χ1v) is 7.14. The smallest absolute Gasteiger partial charge is 0.141 e. The number of nitrogens with one attached hydrogen (secondary N) is 1. The molecular weight excluding hydrogens is 280 g/mol. The van der Waals surface area contributed by atoms with Gasteiger partial charge in [0.05, 0.1) is 24.0 Å². The predicted molar refractivity (Wildman–Crippen MR) is 80.7 cm³/mol. The van der Waals surface area contributed by atoms with Gasteiger partial charge < -0.3 is 10.1 Å². The highest BCUT2D eigenvalue weighted by molar-refractivity contribution is 5.89. The summed E-state index contributed by atoms with van der Waals surface area (Å²) in [7, 11) is 0. The van der Waals surface area contributed by atoms with Crippen LogP contribution in [0.5, 0.6) is 0 Å². The number of aliphatic hydroxyl groups excluding tert-OH is 1. The van der Waals surface area contributed by atoms with Crippen molar-refractivity contribution in [2.75, 3.05) is 6.61 Å². The van der Waals surface area contributed by atoms with E-state index >= 15 is 0 Å². The molecule has 3 aromatic rings. The molecule has 0 saturated heterocycles. The van der Waals surface area contributed by atoms with Gasteiger partial charge in [0.15, 0.2) is 0 Å². The van der Waals surface area contributed by atoms with Crippen molar-refractivity contribution >= 4 is 11.0 Å². The Morgan fingerprint density at radius 1 is 1.36 bits per heavy atom. The van der Waals surface area contributed by atoms with Crippen molar-refractivity contribution in [2.45, 2.75) is 25.3 Å². The monoisotopic (exact) mass is 296 g/mol. The molecule has 0 saturated carbocycles. The van der Waals surface area contributed by atoms with E-state index in [1.807, 2.05) is 23.1 Å². The fraction of sp³-hybridized carbons (Fsp3) is 0.333. The first-order valence-electron chi connectivity index (χ1n) is 7.14. The molecule has 3 heterocycles. The summed E-state index contributed by atoms with van der Waals surface area (Å²) < 4.78 is 1.81. The van der Waals surface area contributed by atoms with Gasteiger partial charge in [-0.15, -0.1) is 0 Å².